The van der Waals surface area contributed by atoms with E-state index in [-0.39, 0.29) is 11.8 Å². The predicted octanol–water partition coefficient (Wildman–Crippen LogP) is 2.49. The van der Waals surface area contributed by atoms with Gasteiger partial charge in [0.1, 0.15) is 0 Å². The number of ether oxygens (including phenoxy) is 1. The topological polar surface area (TPSA) is 110 Å². The predicted molar refractivity (Wildman–Crippen MR) is 105 cm³/mol. The maximum absolute atomic E-state index is 12.8. The van der Waals surface area contributed by atoms with E-state index in [0.717, 1.165) is 18.2 Å². The molecular weight excluding hydrogens is 431 g/mol. The van der Waals surface area contributed by atoms with E-state index in [9.17, 15) is 18.0 Å². The Kier molecular flexibility index (Phi) is 7.44. The maximum Gasteiger partial charge on any atom is 0.490 e. The van der Waals surface area contributed by atoms with Crippen molar-refractivity contribution >= 4 is 11.9 Å². The zero-order valence-electron chi connectivity index (χ0n) is 17.5. The maximum atomic E-state index is 12.8. The average molecular weight is 455 g/mol. The third kappa shape index (κ3) is 6.02. The van der Waals surface area contributed by atoms with Crippen LogP contribution in [0.15, 0.2) is 24.8 Å². The summed E-state index contributed by atoms with van der Waals surface area (Å²) >= 11 is 0. The molecule has 0 bridgehead atoms. The van der Waals surface area contributed by atoms with E-state index in [0.29, 0.717) is 31.9 Å². The second kappa shape index (κ2) is 10.1. The number of carbonyl (C=O) groups is 2. The summed E-state index contributed by atoms with van der Waals surface area (Å²) in [4.78, 5) is 28.2. The molecule has 1 fully saturated rings. The van der Waals surface area contributed by atoms with Gasteiger partial charge in [0.05, 0.1) is 43.1 Å². The number of carboxylic acid groups (broad SMARTS) is 1. The molecule has 1 saturated carbocycles. The quantitative estimate of drug-likeness (QED) is 0.713. The average Bonchev–Trinajstić information content (AvgIpc) is 3.50. The van der Waals surface area contributed by atoms with E-state index in [1.54, 1.807) is 12.3 Å². The number of aliphatic carboxylic acids is 1. The van der Waals surface area contributed by atoms with Crippen molar-refractivity contribution in [2.75, 3.05) is 19.8 Å². The van der Waals surface area contributed by atoms with Crippen LogP contribution in [-0.2, 0) is 22.6 Å². The first-order valence-electron chi connectivity index (χ1n) is 10.2. The molecule has 2 aromatic heterocycles. The van der Waals surface area contributed by atoms with Crippen molar-refractivity contribution in [1.82, 2.24) is 24.6 Å². The number of carboxylic acids is 1. The Hall–Kier alpha value is -3.02. The fourth-order valence-electron chi connectivity index (χ4n) is 3.49. The van der Waals surface area contributed by atoms with Crippen LogP contribution >= 0.6 is 0 Å². The zero-order valence-corrected chi connectivity index (χ0v) is 17.5. The van der Waals surface area contributed by atoms with Crippen molar-refractivity contribution in [3.8, 4) is 0 Å². The van der Waals surface area contributed by atoms with Gasteiger partial charge in [0.2, 0.25) is 0 Å². The first kappa shape index (κ1) is 23.6. The van der Waals surface area contributed by atoms with Crippen LogP contribution in [0.3, 0.4) is 0 Å². The van der Waals surface area contributed by atoms with Gasteiger partial charge in [0.25, 0.3) is 5.91 Å². The molecule has 2 aliphatic rings. The van der Waals surface area contributed by atoms with Gasteiger partial charge >= 0.3 is 12.1 Å². The van der Waals surface area contributed by atoms with Gasteiger partial charge < -0.3 is 19.3 Å². The number of halogens is 3. The van der Waals surface area contributed by atoms with Gasteiger partial charge in [0, 0.05) is 31.3 Å². The van der Waals surface area contributed by atoms with E-state index >= 15 is 0 Å². The first-order chi connectivity index (χ1) is 15.2. The van der Waals surface area contributed by atoms with Crippen LogP contribution in [0.2, 0.25) is 0 Å². The molecule has 2 aromatic rings. The van der Waals surface area contributed by atoms with Crippen LogP contribution in [0.1, 0.15) is 47.4 Å². The fraction of sp³-hybridized carbons (Fsp3) is 0.550. The minimum absolute atomic E-state index is 0.0289. The van der Waals surface area contributed by atoms with Gasteiger partial charge in [-0.25, -0.2) is 9.78 Å². The molecular formula is C20H24F3N5O4. The van der Waals surface area contributed by atoms with E-state index in [1.165, 1.54) is 24.7 Å². The van der Waals surface area contributed by atoms with Crippen molar-refractivity contribution in [2.45, 2.75) is 44.9 Å². The Bertz CT molecular complexity index is 931. The van der Waals surface area contributed by atoms with Gasteiger partial charge in [-0.2, -0.15) is 23.4 Å². The molecule has 1 aliphatic heterocycles. The van der Waals surface area contributed by atoms with Crippen molar-refractivity contribution in [3.05, 3.63) is 41.7 Å². The molecule has 12 heteroatoms. The molecule has 1 atom stereocenters. The first-order valence-corrected chi connectivity index (χ1v) is 10.2. The summed E-state index contributed by atoms with van der Waals surface area (Å²) in [6.07, 6.45) is 2.53. The second-order valence-electron chi connectivity index (χ2n) is 7.65. The summed E-state index contributed by atoms with van der Waals surface area (Å²) in [6, 6.07) is 1.70. The highest BCUT2D eigenvalue weighted by Gasteiger charge is 2.38. The van der Waals surface area contributed by atoms with Crippen molar-refractivity contribution < 1.29 is 32.6 Å². The monoisotopic (exact) mass is 455 g/mol. The lowest BCUT2D eigenvalue weighted by molar-refractivity contribution is -0.192. The summed E-state index contributed by atoms with van der Waals surface area (Å²) in [7, 11) is 0. The van der Waals surface area contributed by atoms with Gasteiger partial charge in [-0.05, 0) is 31.7 Å². The third-order valence-electron chi connectivity index (χ3n) is 5.16. The van der Waals surface area contributed by atoms with Gasteiger partial charge in [-0.1, -0.05) is 0 Å². The van der Waals surface area contributed by atoms with E-state index in [1.807, 2.05) is 18.2 Å². The van der Waals surface area contributed by atoms with Crippen molar-refractivity contribution in [2.24, 2.45) is 5.92 Å². The lowest BCUT2D eigenvalue weighted by atomic mass is 9.98. The van der Waals surface area contributed by atoms with Crippen LogP contribution in [0.4, 0.5) is 13.2 Å². The number of amides is 1. The molecule has 0 spiro atoms. The summed E-state index contributed by atoms with van der Waals surface area (Å²) in [5.74, 6) is -1.84. The molecule has 3 heterocycles. The molecule has 0 radical (unpaired) electrons. The van der Waals surface area contributed by atoms with E-state index < -0.39 is 12.1 Å². The molecule has 1 unspecified atom stereocenters. The molecule has 1 aliphatic carbocycles. The Morgan fingerprint density at radius 3 is 2.56 bits per heavy atom. The molecule has 0 saturated heterocycles. The number of fused-ring (bicyclic) bond motifs is 1. The van der Waals surface area contributed by atoms with Crippen LogP contribution < -0.4 is 0 Å². The molecule has 9 nitrogen and oxygen atoms in total. The van der Waals surface area contributed by atoms with Crippen LogP contribution in [-0.4, -0.2) is 67.6 Å². The number of aromatic nitrogens is 4. The lowest BCUT2D eigenvalue weighted by Crippen LogP contribution is -2.40. The molecule has 32 heavy (non-hydrogen) atoms. The highest BCUT2D eigenvalue weighted by Crippen LogP contribution is 2.34. The minimum Gasteiger partial charge on any atom is -0.475 e. The number of hydrogen-bond donors (Lipinski definition) is 1. The largest absolute Gasteiger partial charge is 0.490 e. The van der Waals surface area contributed by atoms with Gasteiger partial charge in [-0.3, -0.25) is 4.79 Å². The number of carbonyl (C=O) groups excluding carboxylic acids is 1. The molecule has 174 valence electrons. The summed E-state index contributed by atoms with van der Waals surface area (Å²) in [5.41, 5.74) is 2.80. The third-order valence-corrected chi connectivity index (χ3v) is 5.16. The van der Waals surface area contributed by atoms with Crippen molar-refractivity contribution in [3.63, 3.8) is 0 Å². The lowest BCUT2D eigenvalue weighted by Gasteiger charge is -2.33. The number of nitrogens with zero attached hydrogens (tertiary/aromatic N) is 5. The van der Waals surface area contributed by atoms with Crippen LogP contribution in [0.5, 0.6) is 0 Å². The molecule has 0 aromatic carbocycles. The highest BCUT2D eigenvalue weighted by molar-refractivity contribution is 5.93. The number of alkyl halides is 3. The van der Waals surface area contributed by atoms with Crippen LogP contribution in [0.25, 0.3) is 0 Å². The van der Waals surface area contributed by atoms with Gasteiger partial charge in [0.15, 0.2) is 0 Å². The zero-order chi connectivity index (χ0) is 23.3. The normalized spacial score (nSPS) is 17.9. The minimum atomic E-state index is -5.08. The molecule has 1 amide bonds. The summed E-state index contributed by atoms with van der Waals surface area (Å²) in [5, 5.41) is 14.7. The molecule has 4 rings (SSSR count). The molecule has 1 N–H and O–H groups in total. The Morgan fingerprint density at radius 2 is 2.00 bits per heavy atom. The van der Waals surface area contributed by atoms with Gasteiger partial charge in [-0.15, -0.1) is 0 Å². The second-order valence-corrected chi connectivity index (χ2v) is 7.65. The smallest absolute Gasteiger partial charge is 0.475 e. The Balaban J connectivity index is 0.000000360. The Morgan fingerprint density at radius 1 is 1.28 bits per heavy atom. The summed E-state index contributed by atoms with van der Waals surface area (Å²) < 4.78 is 39.7. The van der Waals surface area contributed by atoms with E-state index in [4.69, 9.17) is 14.6 Å². The number of imidazole rings is 1. The SMILES string of the molecule is CCOCC1CN(C(=O)c2ccnnc2)Cc2ncn(CC3CC3)c21.O=C(O)C(F)(F)F. The van der Waals surface area contributed by atoms with Crippen molar-refractivity contribution in [1.29, 1.82) is 0 Å². The summed E-state index contributed by atoms with van der Waals surface area (Å²) in [6.45, 7) is 5.49. The number of rotatable bonds is 6. The number of hydrogen-bond acceptors (Lipinski definition) is 6. The van der Waals surface area contributed by atoms with Crippen LogP contribution in [0, 0.1) is 5.92 Å². The fourth-order valence-corrected chi connectivity index (χ4v) is 3.49. The standard InChI is InChI=1S/C18H23N5O2.C2HF3O2/c1-2-25-11-15-9-22(18(24)14-5-6-20-21-7-14)10-16-17(15)23(12-19-16)8-13-3-4-13;3-2(4,5)1(6)7/h5-7,12-13,15H,2-4,8-11H2,1H3;(H,6,7). The highest BCUT2D eigenvalue weighted by atomic mass is 19.4. The Labute approximate surface area is 182 Å². The van der Waals surface area contributed by atoms with E-state index in [2.05, 4.69) is 19.7 Å².